The summed E-state index contributed by atoms with van der Waals surface area (Å²) in [5.74, 6) is 1.03. The Morgan fingerprint density at radius 1 is 0.933 bits per heavy atom. The molecule has 0 saturated heterocycles. The molecule has 0 spiro atoms. The number of rotatable bonds is 5. The molecule has 0 aliphatic carbocycles. The number of benzene rings is 1. The quantitative estimate of drug-likeness (QED) is 0.528. The molecule has 15 heavy (non-hydrogen) atoms. The Kier molecular flexibility index (Phi) is 7.56. The third kappa shape index (κ3) is 4.28. The Morgan fingerprint density at radius 3 is 1.80 bits per heavy atom. The molecule has 0 fully saturated rings. The number of para-hydroxylation sites is 1. The van der Waals surface area contributed by atoms with Gasteiger partial charge in [-0.3, -0.25) is 0 Å². The van der Waals surface area contributed by atoms with Crippen molar-refractivity contribution in [1.29, 1.82) is 0 Å². The van der Waals surface area contributed by atoms with Crippen LogP contribution < -0.4 is 4.52 Å². The van der Waals surface area contributed by atoms with E-state index in [0.717, 1.165) is 5.75 Å². The van der Waals surface area contributed by atoms with Crippen LogP contribution in [0.15, 0.2) is 30.3 Å². The van der Waals surface area contributed by atoms with Crippen LogP contribution in [0.3, 0.4) is 0 Å². The van der Waals surface area contributed by atoms with E-state index in [0.29, 0.717) is 0 Å². The van der Waals surface area contributed by atoms with Crippen LogP contribution in [0.5, 0.6) is 5.75 Å². The summed E-state index contributed by atoms with van der Waals surface area (Å²) in [6.07, 6.45) is 3.53. The van der Waals surface area contributed by atoms with E-state index >= 15 is 0 Å². The first-order valence-corrected chi connectivity index (χ1v) is 7.63. The normalized spacial score (nSPS) is 10.6. The van der Waals surface area contributed by atoms with Crippen LogP contribution in [0, 0.1) is 0 Å². The summed E-state index contributed by atoms with van der Waals surface area (Å²) in [5, 5.41) is 0. The third-order valence-electron chi connectivity index (χ3n) is 2.77. The summed E-state index contributed by atoms with van der Waals surface area (Å²) in [4.78, 5) is 0. The summed E-state index contributed by atoms with van der Waals surface area (Å²) in [6, 6.07) is 10.2. The fraction of sp³-hybridized carbons (Fsp3) is 0.500. The summed E-state index contributed by atoms with van der Waals surface area (Å²) in [7, 11) is -1.16. The largest absolute Gasteiger partial charge is 0.351 e. The summed E-state index contributed by atoms with van der Waals surface area (Å²) in [5.41, 5.74) is 0. The summed E-state index contributed by atoms with van der Waals surface area (Å²) < 4.78 is 6.16. The standard InChI is InChI=1S/C12H20OP.Au/c1-4-14(5-2,6-3)13-12-10-8-7-9-11-12;/h7-11H,4-6H2,1-3H3;/q+1;. The van der Waals surface area contributed by atoms with Crippen molar-refractivity contribution in [2.75, 3.05) is 18.5 Å². The fourth-order valence-electron chi connectivity index (χ4n) is 1.57. The van der Waals surface area contributed by atoms with E-state index in [1.807, 2.05) is 18.2 Å². The average molecular weight is 408 g/mol. The predicted octanol–water partition coefficient (Wildman–Crippen LogP) is 4.06. The van der Waals surface area contributed by atoms with Crippen LogP contribution in [0.1, 0.15) is 20.8 Å². The smallest absolute Gasteiger partial charge is 0.190 e. The van der Waals surface area contributed by atoms with Crippen molar-refractivity contribution in [3.05, 3.63) is 30.3 Å². The van der Waals surface area contributed by atoms with Crippen molar-refractivity contribution in [3.8, 4) is 5.75 Å². The molecule has 0 unspecified atom stereocenters. The van der Waals surface area contributed by atoms with E-state index in [2.05, 4.69) is 32.9 Å². The Hall–Kier alpha value is 0.190. The maximum absolute atomic E-state index is 6.16. The SMILES string of the molecule is CC[P+](CC)(CC)Oc1ccccc1.[Au]. The minimum absolute atomic E-state index is 0. The van der Waals surface area contributed by atoms with Gasteiger partial charge in [0.2, 0.25) is 0 Å². The van der Waals surface area contributed by atoms with Crippen molar-refractivity contribution >= 4 is 7.49 Å². The minimum Gasteiger partial charge on any atom is -0.351 e. The van der Waals surface area contributed by atoms with E-state index in [1.165, 1.54) is 18.5 Å². The van der Waals surface area contributed by atoms with Gasteiger partial charge in [-0.25, -0.2) is 0 Å². The third-order valence-corrected chi connectivity index (χ3v) is 6.83. The van der Waals surface area contributed by atoms with Crippen molar-refractivity contribution in [2.24, 2.45) is 0 Å². The second-order valence-corrected chi connectivity index (χ2v) is 7.61. The van der Waals surface area contributed by atoms with Crippen molar-refractivity contribution in [3.63, 3.8) is 0 Å². The van der Waals surface area contributed by atoms with E-state index in [4.69, 9.17) is 4.52 Å². The molecular weight excluding hydrogens is 388 g/mol. The summed E-state index contributed by atoms with van der Waals surface area (Å²) in [6.45, 7) is 6.72. The number of hydrogen-bond acceptors (Lipinski definition) is 1. The van der Waals surface area contributed by atoms with Gasteiger partial charge in [0.25, 0.3) is 0 Å². The monoisotopic (exact) mass is 408 g/mol. The van der Waals surface area contributed by atoms with Crippen molar-refractivity contribution in [2.45, 2.75) is 20.8 Å². The van der Waals surface area contributed by atoms with Gasteiger partial charge in [-0.15, -0.1) is 0 Å². The second kappa shape index (κ2) is 7.46. The van der Waals surface area contributed by atoms with Gasteiger partial charge in [0.05, 0.1) is 18.5 Å². The maximum atomic E-state index is 6.16. The molecule has 1 aromatic carbocycles. The molecular formula is C12H20AuOP+. The number of hydrogen-bond donors (Lipinski definition) is 0. The van der Waals surface area contributed by atoms with Gasteiger partial charge in [0.15, 0.2) is 13.2 Å². The second-order valence-electron chi connectivity index (χ2n) is 3.41. The van der Waals surface area contributed by atoms with Crippen molar-refractivity contribution in [1.82, 2.24) is 0 Å². The van der Waals surface area contributed by atoms with E-state index < -0.39 is 7.49 Å². The summed E-state index contributed by atoms with van der Waals surface area (Å²) >= 11 is 0. The van der Waals surface area contributed by atoms with Gasteiger partial charge in [-0.2, -0.15) is 0 Å². The molecule has 0 bridgehead atoms. The molecule has 1 nitrogen and oxygen atoms in total. The van der Waals surface area contributed by atoms with Crippen LogP contribution >= 0.6 is 7.49 Å². The predicted molar refractivity (Wildman–Crippen MR) is 65.6 cm³/mol. The molecule has 0 aliphatic rings. The fourth-order valence-corrected chi connectivity index (χ4v) is 3.87. The first kappa shape index (κ1) is 15.2. The van der Waals surface area contributed by atoms with E-state index in [-0.39, 0.29) is 22.4 Å². The average Bonchev–Trinajstić information content (AvgIpc) is 2.28. The molecule has 3 heteroatoms. The van der Waals surface area contributed by atoms with Crippen LogP contribution in [0.25, 0.3) is 0 Å². The molecule has 0 atom stereocenters. The van der Waals surface area contributed by atoms with Crippen LogP contribution in [0.2, 0.25) is 0 Å². The Balaban J connectivity index is 0.00000196. The molecule has 1 aromatic rings. The molecule has 0 amide bonds. The molecule has 1 rings (SSSR count). The van der Waals surface area contributed by atoms with Gasteiger partial charge >= 0.3 is 0 Å². The zero-order chi connectivity index (χ0) is 10.4. The van der Waals surface area contributed by atoms with Gasteiger partial charge in [0, 0.05) is 22.4 Å². The molecule has 0 N–H and O–H groups in total. The first-order valence-electron chi connectivity index (χ1n) is 5.37. The molecule has 89 valence electrons. The van der Waals surface area contributed by atoms with Gasteiger partial charge < -0.3 is 4.52 Å². The van der Waals surface area contributed by atoms with Crippen LogP contribution in [0.4, 0.5) is 0 Å². The molecule has 1 radical (unpaired) electrons. The zero-order valence-corrected chi connectivity index (χ0v) is 12.7. The Bertz CT molecular complexity index is 251. The molecule has 0 heterocycles. The van der Waals surface area contributed by atoms with Gasteiger partial charge in [-0.05, 0) is 32.9 Å². The zero-order valence-electron chi connectivity index (χ0n) is 9.67. The van der Waals surface area contributed by atoms with Crippen LogP contribution in [-0.2, 0) is 22.4 Å². The van der Waals surface area contributed by atoms with E-state index in [9.17, 15) is 0 Å². The van der Waals surface area contributed by atoms with Gasteiger partial charge in [-0.1, -0.05) is 18.2 Å². The van der Waals surface area contributed by atoms with Crippen molar-refractivity contribution < 1.29 is 26.9 Å². The topological polar surface area (TPSA) is 9.23 Å². The Labute approximate surface area is 110 Å². The first-order chi connectivity index (χ1) is 6.76. The van der Waals surface area contributed by atoms with Crippen LogP contribution in [-0.4, -0.2) is 18.5 Å². The molecule has 0 aliphatic heterocycles. The molecule has 0 saturated carbocycles. The molecule has 0 aromatic heterocycles. The Morgan fingerprint density at radius 2 is 1.40 bits per heavy atom. The van der Waals surface area contributed by atoms with E-state index in [1.54, 1.807) is 0 Å². The minimum atomic E-state index is -1.16. The maximum Gasteiger partial charge on any atom is 0.190 e. The van der Waals surface area contributed by atoms with Gasteiger partial charge in [0.1, 0.15) is 0 Å².